The van der Waals surface area contributed by atoms with Crippen molar-refractivity contribution in [1.82, 2.24) is 0 Å². The van der Waals surface area contributed by atoms with Crippen molar-refractivity contribution in [2.75, 3.05) is 20.3 Å². The Morgan fingerprint density at radius 1 is 0.917 bits per heavy atom. The Morgan fingerprint density at radius 3 is 2.04 bits per heavy atom. The summed E-state index contributed by atoms with van der Waals surface area (Å²) in [6, 6.07) is 0. The Hall–Kier alpha value is -0.730. The van der Waals surface area contributed by atoms with Crippen molar-refractivity contribution in [2.24, 2.45) is 0 Å². The Labute approximate surface area is 136 Å². The average Bonchev–Trinajstić information content (AvgIpc) is 2.59. The first kappa shape index (κ1) is 19.6. The molecule has 0 aliphatic carbocycles. The Morgan fingerprint density at radius 2 is 1.50 bits per heavy atom. The molecule has 0 aromatic rings. The lowest BCUT2D eigenvalue weighted by Crippen LogP contribution is -2.63. The Bertz CT molecular complexity index is 430. The summed E-state index contributed by atoms with van der Waals surface area (Å²) in [5, 5.41) is 57.9. The second kappa shape index (κ2) is 8.10. The SMILES string of the molecule is CO[C@@H]1OC(CO)[C@@H](O[C@H]2OC(CO)[C@@H](O)C(=O)C2O)[C@H](O)C1O. The molecule has 0 aromatic carbocycles. The number of carbonyl (C=O) groups excluding carboxylic acids is 1. The molecule has 6 N–H and O–H groups in total. The number of methoxy groups -OCH3 is 1. The van der Waals surface area contributed by atoms with Gasteiger partial charge in [-0.2, -0.15) is 0 Å². The molecule has 2 fully saturated rings. The molecule has 0 bridgehead atoms. The largest absolute Gasteiger partial charge is 0.394 e. The van der Waals surface area contributed by atoms with Crippen molar-refractivity contribution in [2.45, 2.75) is 55.3 Å². The fraction of sp³-hybridized carbons (Fsp3) is 0.923. The van der Waals surface area contributed by atoms with Crippen molar-refractivity contribution in [3.63, 3.8) is 0 Å². The maximum Gasteiger partial charge on any atom is 0.197 e. The Balaban J connectivity index is 2.13. The molecule has 9 atom stereocenters. The summed E-state index contributed by atoms with van der Waals surface area (Å²) in [5.41, 5.74) is 0. The van der Waals surface area contributed by atoms with E-state index in [2.05, 4.69) is 0 Å². The van der Waals surface area contributed by atoms with Crippen LogP contribution in [0.2, 0.25) is 0 Å². The van der Waals surface area contributed by atoms with Crippen molar-refractivity contribution in [3.8, 4) is 0 Å². The summed E-state index contributed by atoms with van der Waals surface area (Å²) in [5.74, 6) is -1.02. The fourth-order valence-electron chi connectivity index (χ4n) is 2.63. The molecule has 4 unspecified atom stereocenters. The third kappa shape index (κ3) is 3.60. The smallest absolute Gasteiger partial charge is 0.197 e. The van der Waals surface area contributed by atoms with Gasteiger partial charge < -0.3 is 49.6 Å². The van der Waals surface area contributed by atoms with Crippen molar-refractivity contribution in [1.29, 1.82) is 0 Å². The first-order chi connectivity index (χ1) is 11.3. The standard InChI is InChI=1S/C13H22O11/c1-21-12-10(20)8(18)11(5(3-15)23-12)24-13-9(19)7(17)6(16)4(2-14)22-13/h4-6,8-16,18-20H,2-3H2,1H3/t4?,5?,6-,8-,9?,10?,11-,12-,13-/m1/s1. The molecule has 0 radical (unpaired) electrons. The van der Waals surface area contributed by atoms with Crippen LogP contribution in [0.5, 0.6) is 0 Å². The van der Waals surface area contributed by atoms with Gasteiger partial charge in [0.25, 0.3) is 0 Å². The highest BCUT2D eigenvalue weighted by Gasteiger charge is 2.50. The molecule has 2 rings (SSSR count). The van der Waals surface area contributed by atoms with Crippen LogP contribution >= 0.6 is 0 Å². The highest BCUT2D eigenvalue weighted by molar-refractivity contribution is 5.88. The third-order valence-electron chi connectivity index (χ3n) is 4.03. The summed E-state index contributed by atoms with van der Waals surface area (Å²) in [6.07, 6.45) is -13.4. The number of Topliss-reactive ketones (excluding diaryl/α,β-unsaturated/α-hetero) is 1. The quantitative estimate of drug-likeness (QED) is 0.280. The molecular weight excluding hydrogens is 332 g/mol. The predicted octanol–water partition coefficient (Wildman–Crippen LogP) is -4.53. The zero-order chi connectivity index (χ0) is 18.0. The van der Waals surface area contributed by atoms with Crippen LogP contribution in [0.1, 0.15) is 0 Å². The summed E-state index contributed by atoms with van der Waals surface area (Å²) in [7, 11) is 1.23. The average molecular weight is 354 g/mol. The maximum absolute atomic E-state index is 11.8. The van der Waals surface area contributed by atoms with Gasteiger partial charge >= 0.3 is 0 Å². The van der Waals surface area contributed by atoms with Crippen LogP contribution in [-0.4, -0.2) is 112 Å². The summed E-state index contributed by atoms with van der Waals surface area (Å²) in [4.78, 5) is 11.8. The zero-order valence-corrected chi connectivity index (χ0v) is 12.8. The minimum absolute atomic E-state index is 0.614. The predicted molar refractivity (Wildman–Crippen MR) is 72.4 cm³/mol. The fourth-order valence-corrected chi connectivity index (χ4v) is 2.63. The number of carbonyl (C=O) groups is 1. The van der Waals surface area contributed by atoms with Crippen LogP contribution in [-0.2, 0) is 23.7 Å². The number of aliphatic hydroxyl groups is 6. The minimum Gasteiger partial charge on any atom is -0.394 e. The minimum atomic E-state index is -1.88. The lowest BCUT2D eigenvalue weighted by atomic mass is 9.97. The first-order valence-electron chi connectivity index (χ1n) is 7.32. The maximum atomic E-state index is 11.8. The molecule has 11 nitrogen and oxygen atoms in total. The van der Waals surface area contributed by atoms with Gasteiger partial charge in [-0.3, -0.25) is 4.79 Å². The molecule has 2 saturated heterocycles. The van der Waals surface area contributed by atoms with E-state index < -0.39 is 74.3 Å². The van der Waals surface area contributed by atoms with E-state index in [1.807, 2.05) is 0 Å². The van der Waals surface area contributed by atoms with Crippen LogP contribution in [0.4, 0.5) is 0 Å². The zero-order valence-electron chi connectivity index (χ0n) is 12.8. The van der Waals surface area contributed by atoms with Crippen LogP contribution < -0.4 is 0 Å². The number of ketones is 1. The van der Waals surface area contributed by atoms with Crippen LogP contribution in [0.3, 0.4) is 0 Å². The molecule has 0 spiro atoms. The van der Waals surface area contributed by atoms with Gasteiger partial charge in [-0.05, 0) is 0 Å². The van der Waals surface area contributed by atoms with Gasteiger partial charge in [0.1, 0.15) is 36.6 Å². The molecule has 0 aromatic heterocycles. The van der Waals surface area contributed by atoms with E-state index in [4.69, 9.17) is 24.1 Å². The second-order valence-corrected chi connectivity index (χ2v) is 5.56. The monoisotopic (exact) mass is 354 g/mol. The van der Waals surface area contributed by atoms with Crippen LogP contribution in [0.15, 0.2) is 0 Å². The summed E-state index contributed by atoms with van der Waals surface area (Å²) in [6.45, 7) is -1.32. The van der Waals surface area contributed by atoms with Gasteiger partial charge in [0, 0.05) is 7.11 Å². The van der Waals surface area contributed by atoms with Crippen LogP contribution in [0, 0.1) is 0 Å². The number of ether oxygens (including phenoxy) is 4. The lowest BCUT2D eigenvalue weighted by molar-refractivity contribution is -0.340. The van der Waals surface area contributed by atoms with Gasteiger partial charge in [-0.25, -0.2) is 0 Å². The molecule has 11 heteroatoms. The third-order valence-corrected chi connectivity index (χ3v) is 4.03. The topological polar surface area (TPSA) is 175 Å². The molecule has 2 heterocycles. The van der Waals surface area contributed by atoms with E-state index in [0.29, 0.717) is 0 Å². The van der Waals surface area contributed by atoms with Gasteiger partial charge in [0.2, 0.25) is 0 Å². The molecule has 0 amide bonds. The van der Waals surface area contributed by atoms with Crippen molar-refractivity contribution >= 4 is 5.78 Å². The second-order valence-electron chi connectivity index (χ2n) is 5.56. The van der Waals surface area contributed by atoms with E-state index in [1.54, 1.807) is 0 Å². The van der Waals surface area contributed by atoms with E-state index in [1.165, 1.54) is 7.11 Å². The van der Waals surface area contributed by atoms with Gasteiger partial charge in [-0.1, -0.05) is 0 Å². The first-order valence-corrected chi connectivity index (χ1v) is 7.32. The number of rotatable bonds is 5. The molecule has 2 aliphatic rings. The number of aliphatic hydroxyl groups excluding tert-OH is 6. The highest BCUT2D eigenvalue weighted by Crippen LogP contribution is 2.28. The van der Waals surface area contributed by atoms with Gasteiger partial charge in [0.15, 0.2) is 24.5 Å². The van der Waals surface area contributed by atoms with Crippen molar-refractivity contribution in [3.05, 3.63) is 0 Å². The normalized spacial score (nSPS) is 47.0. The molecule has 24 heavy (non-hydrogen) atoms. The van der Waals surface area contributed by atoms with E-state index in [-0.39, 0.29) is 0 Å². The van der Waals surface area contributed by atoms with Gasteiger partial charge in [-0.15, -0.1) is 0 Å². The van der Waals surface area contributed by atoms with E-state index in [9.17, 15) is 30.3 Å². The van der Waals surface area contributed by atoms with E-state index in [0.717, 1.165) is 0 Å². The van der Waals surface area contributed by atoms with Crippen molar-refractivity contribution < 1.29 is 54.4 Å². The summed E-state index contributed by atoms with van der Waals surface area (Å²) < 4.78 is 20.5. The molecule has 2 aliphatic heterocycles. The number of hydrogen-bond acceptors (Lipinski definition) is 11. The Kier molecular flexibility index (Phi) is 6.61. The molecule has 140 valence electrons. The van der Waals surface area contributed by atoms with Crippen LogP contribution in [0.25, 0.3) is 0 Å². The summed E-state index contributed by atoms with van der Waals surface area (Å²) >= 11 is 0. The molecular formula is C13H22O11. The number of hydrogen-bond donors (Lipinski definition) is 6. The molecule has 0 saturated carbocycles. The highest BCUT2D eigenvalue weighted by atomic mass is 16.7. The lowest BCUT2D eigenvalue weighted by Gasteiger charge is -2.44. The van der Waals surface area contributed by atoms with Gasteiger partial charge in [0.05, 0.1) is 13.2 Å². The van der Waals surface area contributed by atoms with E-state index >= 15 is 0 Å².